The first kappa shape index (κ1) is 14.9. The average molecular weight is 297 g/mol. The van der Waals surface area contributed by atoms with Crippen LogP contribution < -0.4 is 11.3 Å². The Morgan fingerprint density at radius 3 is 2.65 bits per heavy atom. The van der Waals surface area contributed by atoms with E-state index in [1.807, 2.05) is 11.5 Å². The second-order valence-corrected chi connectivity index (χ2v) is 6.74. The molecule has 1 heterocycles. The molecule has 0 saturated carbocycles. The third kappa shape index (κ3) is 2.42. The largest absolute Gasteiger partial charge is 0.327 e. The molecule has 8 heteroatoms. The molecule has 0 fully saturated rings. The van der Waals surface area contributed by atoms with Crippen molar-refractivity contribution in [3.05, 3.63) is 24.0 Å². The summed E-state index contributed by atoms with van der Waals surface area (Å²) in [6.45, 7) is 3.18. The van der Waals surface area contributed by atoms with Gasteiger partial charge in [0.2, 0.25) is 10.0 Å². The molecule has 1 aromatic carbocycles. The summed E-state index contributed by atoms with van der Waals surface area (Å²) in [6.07, 6.45) is 0. The van der Waals surface area contributed by atoms with Crippen molar-refractivity contribution in [1.82, 2.24) is 19.3 Å². The fourth-order valence-corrected chi connectivity index (χ4v) is 3.03. The van der Waals surface area contributed by atoms with Gasteiger partial charge in [-0.25, -0.2) is 17.7 Å². The van der Waals surface area contributed by atoms with Crippen molar-refractivity contribution in [3.63, 3.8) is 0 Å². The summed E-state index contributed by atoms with van der Waals surface area (Å²) in [7, 11) is -0.431. The Hall–Kier alpha value is -1.48. The predicted octanol–water partition coefficient (Wildman–Crippen LogP) is 0.270. The quantitative estimate of drug-likeness (QED) is 0.610. The number of benzene rings is 1. The van der Waals surface area contributed by atoms with Gasteiger partial charge in [0.25, 0.3) is 0 Å². The molecule has 0 aliphatic carbocycles. The van der Waals surface area contributed by atoms with E-state index in [0.717, 1.165) is 17.9 Å². The number of aromatic nitrogens is 2. The van der Waals surface area contributed by atoms with Crippen LogP contribution in [0.25, 0.3) is 11.0 Å². The molecule has 0 aliphatic heterocycles. The molecule has 2 rings (SSSR count). The number of hydrogen-bond acceptors (Lipinski definition) is 5. The minimum Gasteiger partial charge on any atom is -0.327 e. The SMILES string of the molecule is CCn1c(CNN)nc2cc(S(=O)(=O)N(C)C)ccc21. The predicted molar refractivity (Wildman–Crippen MR) is 77.3 cm³/mol. The zero-order valence-electron chi connectivity index (χ0n) is 11.8. The zero-order valence-corrected chi connectivity index (χ0v) is 12.6. The molecule has 7 nitrogen and oxygen atoms in total. The van der Waals surface area contributed by atoms with Crippen molar-refractivity contribution < 1.29 is 8.42 Å². The Labute approximate surface area is 118 Å². The van der Waals surface area contributed by atoms with Crippen LogP contribution in [0.2, 0.25) is 0 Å². The summed E-state index contributed by atoms with van der Waals surface area (Å²) < 4.78 is 27.4. The maximum atomic E-state index is 12.1. The lowest BCUT2D eigenvalue weighted by Crippen LogP contribution is -2.23. The standard InChI is InChI=1S/C12H19N5O2S/c1-4-17-11-6-5-9(20(18,19)16(2)3)7-10(11)15-12(17)8-14-13/h5-7,14H,4,8,13H2,1-3H3. The van der Waals surface area contributed by atoms with Crippen LogP contribution in [-0.2, 0) is 23.1 Å². The first-order valence-corrected chi connectivity index (χ1v) is 7.71. The van der Waals surface area contributed by atoms with Gasteiger partial charge in [0.15, 0.2) is 0 Å². The van der Waals surface area contributed by atoms with Crippen LogP contribution in [0.5, 0.6) is 0 Å². The Bertz CT molecular complexity index is 721. The number of nitrogens with zero attached hydrogens (tertiary/aromatic N) is 3. The molecule has 0 amide bonds. The molecular weight excluding hydrogens is 278 g/mol. The number of hydrogen-bond donors (Lipinski definition) is 2. The van der Waals surface area contributed by atoms with Gasteiger partial charge < -0.3 is 4.57 Å². The van der Waals surface area contributed by atoms with Crippen LogP contribution in [0.3, 0.4) is 0 Å². The van der Waals surface area contributed by atoms with Crippen LogP contribution in [0.1, 0.15) is 12.7 Å². The summed E-state index contributed by atoms with van der Waals surface area (Å²) >= 11 is 0. The lowest BCUT2D eigenvalue weighted by atomic mass is 10.3. The van der Waals surface area contributed by atoms with Gasteiger partial charge in [0.05, 0.1) is 22.5 Å². The van der Waals surface area contributed by atoms with Crippen molar-refractivity contribution in [3.8, 4) is 0 Å². The van der Waals surface area contributed by atoms with Gasteiger partial charge in [-0.05, 0) is 25.1 Å². The summed E-state index contributed by atoms with van der Waals surface area (Å²) in [6, 6.07) is 4.98. The number of hydrazine groups is 1. The minimum atomic E-state index is -3.45. The van der Waals surface area contributed by atoms with Gasteiger partial charge in [0, 0.05) is 20.6 Å². The molecule has 0 spiro atoms. The van der Waals surface area contributed by atoms with Gasteiger partial charge >= 0.3 is 0 Å². The number of rotatable bonds is 5. The van der Waals surface area contributed by atoms with E-state index in [4.69, 9.17) is 5.84 Å². The highest BCUT2D eigenvalue weighted by molar-refractivity contribution is 7.89. The molecule has 2 aromatic rings. The Kier molecular flexibility index (Phi) is 4.09. The normalized spacial score (nSPS) is 12.4. The van der Waals surface area contributed by atoms with Crippen molar-refractivity contribution >= 4 is 21.1 Å². The molecule has 0 bridgehead atoms. The molecule has 110 valence electrons. The molecule has 0 radical (unpaired) electrons. The topological polar surface area (TPSA) is 93.2 Å². The minimum absolute atomic E-state index is 0.239. The van der Waals surface area contributed by atoms with Gasteiger partial charge in [-0.3, -0.25) is 11.3 Å². The maximum Gasteiger partial charge on any atom is 0.242 e. The summed E-state index contributed by atoms with van der Waals surface area (Å²) in [4.78, 5) is 4.68. The van der Waals surface area contributed by atoms with Gasteiger partial charge in [-0.15, -0.1) is 0 Å². The van der Waals surface area contributed by atoms with E-state index in [0.29, 0.717) is 12.1 Å². The molecule has 0 saturated heterocycles. The first-order valence-electron chi connectivity index (χ1n) is 6.27. The Morgan fingerprint density at radius 2 is 2.10 bits per heavy atom. The second kappa shape index (κ2) is 5.49. The van der Waals surface area contributed by atoms with E-state index in [-0.39, 0.29) is 4.90 Å². The third-order valence-corrected chi connectivity index (χ3v) is 4.96. The summed E-state index contributed by atoms with van der Waals surface area (Å²) in [5, 5.41) is 0. The number of fused-ring (bicyclic) bond motifs is 1. The smallest absolute Gasteiger partial charge is 0.242 e. The fraction of sp³-hybridized carbons (Fsp3) is 0.417. The third-order valence-electron chi connectivity index (χ3n) is 3.15. The summed E-state index contributed by atoms with van der Waals surface area (Å²) in [5.41, 5.74) is 4.12. The van der Waals surface area contributed by atoms with E-state index in [2.05, 4.69) is 10.4 Å². The zero-order chi connectivity index (χ0) is 14.9. The van der Waals surface area contributed by atoms with Crippen LogP contribution in [0.15, 0.2) is 23.1 Å². The van der Waals surface area contributed by atoms with E-state index < -0.39 is 10.0 Å². The number of nitrogens with one attached hydrogen (secondary N) is 1. The lowest BCUT2D eigenvalue weighted by molar-refractivity contribution is 0.521. The lowest BCUT2D eigenvalue weighted by Gasteiger charge is -2.11. The number of imidazole rings is 1. The first-order chi connectivity index (χ1) is 9.41. The van der Waals surface area contributed by atoms with Crippen molar-refractivity contribution in [2.24, 2.45) is 5.84 Å². The molecule has 3 N–H and O–H groups in total. The molecule has 0 aliphatic rings. The molecular formula is C12H19N5O2S. The highest BCUT2D eigenvalue weighted by Crippen LogP contribution is 2.22. The van der Waals surface area contributed by atoms with Crippen molar-refractivity contribution in [2.75, 3.05) is 14.1 Å². The molecule has 1 aromatic heterocycles. The highest BCUT2D eigenvalue weighted by atomic mass is 32.2. The van der Waals surface area contributed by atoms with E-state index >= 15 is 0 Å². The molecule has 0 unspecified atom stereocenters. The van der Waals surface area contributed by atoms with E-state index in [1.54, 1.807) is 18.2 Å². The highest BCUT2D eigenvalue weighted by Gasteiger charge is 2.19. The van der Waals surface area contributed by atoms with Gasteiger partial charge in [-0.1, -0.05) is 0 Å². The Morgan fingerprint density at radius 1 is 1.40 bits per heavy atom. The van der Waals surface area contributed by atoms with Gasteiger partial charge in [-0.2, -0.15) is 0 Å². The van der Waals surface area contributed by atoms with Crippen LogP contribution in [0, 0.1) is 0 Å². The number of aryl methyl sites for hydroxylation is 1. The monoisotopic (exact) mass is 297 g/mol. The van der Waals surface area contributed by atoms with E-state index in [1.165, 1.54) is 18.4 Å². The second-order valence-electron chi connectivity index (χ2n) is 4.59. The maximum absolute atomic E-state index is 12.1. The number of sulfonamides is 1. The fourth-order valence-electron chi connectivity index (χ4n) is 2.11. The van der Waals surface area contributed by atoms with Crippen LogP contribution in [0.4, 0.5) is 0 Å². The summed E-state index contributed by atoms with van der Waals surface area (Å²) in [5.74, 6) is 6.12. The van der Waals surface area contributed by atoms with E-state index in [9.17, 15) is 8.42 Å². The van der Waals surface area contributed by atoms with Crippen LogP contribution in [-0.4, -0.2) is 36.4 Å². The van der Waals surface area contributed by atoms with Crippen molar-refractivity contribution in [1.29, 1.82) is 0 Å². The van der Waals surface area contributed by atoms with Crippen LogP contribution >= 0.6 is 0 Å². The van der Waals surface area contributed by atoms with Crippen molar-refractivity contribution in [2.45, 2.75) is 24.9 Å². The Balaban J connectivity index is 2.61. The number of nitrogens with two attached hydrogens (primary N) is 1. The average Bonchev–Trinajstić information content (AvgIpc) is 2.75. The molecule has 0 atom stereocenters. The molecule has 20 heavy (non-hydrogen) atoms. The van der Waals surface area contributed by atoms with Gasteiger partial charge in [0.1, 0.15) is 5.82 Å².